The molecule has 18 heavy (non-hydrogen) atoms. The highest BCUT2D eigenvalue weighted by Crippen LogP contribution is 2.22. The van der Waals surface area contributed by atoms with Crippen molar-refractivity contribution in [1.82, 2.24) is 20.5 Å². The summed E-state index contributed by atoms with van der Waals surface area (Å²) in [5, 5.41) is 9.98. The molecule has 0 aliphatic rings. The highest BCUT2D eigenvalue weighted by atomic mass is 35.5. The molecule has 0 fully saturated rings. The Morgan fingerprint density at radius 1 is 1.50 bits per heavy atom. The van der Waals surface area contributed by atoms with Crippen molar-refractivity contribution in [3.63, 3.8) is 0 Å². The molecule has 1 heterocycles. The van der Waals surface area contributed by atoms with E-state index in [4.69, 9.17) is 11.6 Å². The van der Waals surface area contributed by atoms with Gasteiger partial charge in [-0.2, -0.15) is 5.10 Å². The van der Waals surface area contributed by atoms with Gasteiger partial charge >= 0.3 is 0 Å². The van der Waals surface area contributed by atoms with Crippen molar-refractivity contribution < 1.29 is 4.39 Å². The third-order valence-corrected chi connectivity index (χ3v) is 2.96. The number of hydrogen-bond donors (Lipinski definition) is 2. The Morgan fingerprint density at radius 2 is 2.33 bits per heavy atom. The van der Waals surface area contributed by atoms with Gasteiger partial charge in [-0.25, -0.2) is 9.37 Å². The molecule has 0 bridgehead atoms. The Bertz CT molecular complexity index is 501. The van der Waals surface area contributed by atoms with Gasteiger partial charge in [0.2, 0.25) is 0 Å². The second-order valence-corrected chi connectivity index (χ2v) is 4.31. The Kier molecular flexibility index (Phi) is 4.28. The molecule has 4 nitrogen and oxygen atoms in total. The van der Waals surface area contributed by atoms with E-state index in [-0.39, 0.29) is 16.9 Å². The van der Waals surface area contributed by atoms with Crippen LogP contribution in [0, 0.1) is 5.82 Å². The fraction of sp³-hybridized carbons (Fsp3) is 0.333. The predicted molar refractivity (Wildman–Crippen MR) is 67.9 cm³/mol. The molecule has 1 aromatic heterocycles. The fourth-order valence-corrected chi connectivity index (χ4v) is 2.01. The van der Waals surface area contributed by atoms with Crippen LogP contribution in [-0.4, -0.2) is 21.7 Å². The minimum absolute atomic E-state index is 0.106. The van der Waals surface area contributed by atoms with Gasteiger partial charge in [0.1, 0.15) is 18.0 Å². The molecule has 1 atom stereocenters. The van der Waals surface area contributed by atoms with Crippen LogP contribution in [-0.2, 0) is 6.42 Å². The quantitative estimate of drug-likeness (QED) is 0.876. The molecule has 0 aliphatic carbocycles. The van der Waals surface area contributed by atoms with E-state index in [0.717, 1.165) is 6.54 Å². The van der Waals surface area contributed by atoms with Crippen LogP contribution in [0.5, 0.6) is 0 Å². The van der Waals surface area contributed by atoms with Crippen molar-refractivity contribution in [2.45, 2.75) is 19.4 Å². The van der Waals surface area contributed by atoms with Crippen LogP contribution in [0.4, 0.5) is 4.39 Å². The smallest absolute Gasteiger partial charge is 0.145 e. The van der Waals surface area contributed by atoms with Gasteiger partial charge in [-0.15, -0.1) is 0 Å². The molecule has 96 valence electrons. The van der Waals surface area contributed by atoms with Crippen LogP contribution >= 0.6 is 11.6 Å². The average Bonchev–Trinajstić information content (AvgIpc) is 2.88. The minimum atomic E-state index is -0.374. The van der Waals surface area contributed by atoms with Gasteiger partial charge in [-0.05, 0) is 24.6 Å². The highest BCUT2D eigenvalue weighted by Gasteiger charge is 2.17. The van der Waals surface area contributed by atoms with E-state index >= 15 is 0 Å². The average molecular weight is 269 g/mol. The normalized spacial score (nSPS) is 12.6. The van der Waals surface area contributed by atoms with E-state index in [1.807, 2.05) is 6.92 Å². The maximum atomic E-state index is 13.8. The first kappa shape index (κ1) is 13.0. The zero-order valence-corrected chi connectivity index (χ0v) is 10.7. The van der Waals surface area contributed by atoms with Gasteiger partial charge in [-0.1, -0.05) is 30.7 Å². The summed E-state index contributed by atoms with van der Waals surface area (Å²) in [5.41, 5.74) is 0.560. The highest BCUT2D eigenvalue weighted by molar-refractivity contribution is 6.30. The summed E-state index contributed by atoms with van der Waals surface area (Å²) >= 11 is 5.77. The van der Waals surface area contributed by atoms with Crippen LogP contribution in [0.15, 0.2) is 24.5 Å². The van der Waals surface area contributed by atoms with E-state index in [1.54, 1.807) is 12.1 Å². The van der Waals surface area contributed by atoms with Crippen molar-refractivity contribution in [1.29, 1.82) is 0 Å². The molecule has 6 heteroatoms. The number of benzene rings is 1. The standard InChI is InChI=1S/C12H14ClFN4/c1-2-15-10(12-16-7-17-18-12)6-8-4-3-5-9(13)11(8)14/h3-5,7,10,15H,2,6H2,1H3,(H,16,17,18). The van der Waals surface area contributed by atoms with Crippen molar-refractivity contribution in [2.24, 2.45) is 0 Å². The monoisotopic (exact) mass is 268 g/mol. The molecule has 0 spiro atoms. The Labute approximate surface area is 110 Å². The molecule has 2 aromatic rings. The number of rotatable bonds is 5. The summed E-state index contributed by atoms with van der Waals surface area (Å²) < 4.78 is 13.8. The van der Waals surface area contributed by atoms with E-state index in [9.17, 15) is 4.39 Å². The Morgan fingerprint density at radius 3 is 3.00 bits per heavy atom. The van der Waals surface area contributed by atoms with Gasteiger partial charge in [0, 0.05) is 0 Å². The first-order chi connectivity index (χ1) is 8.72. The molecular weight excluding hydrogens is 255 g/mol. The molecule has 1 aromatic carbocycles. The number of H-pyrrole nitrogens is 1. The van der Waals surface area contributed by atoms with Crippen LogP contribution in [0.3, 0.4) is 0 Å². The third kappa shape index (κ3) is 2.86. The van der Waals surface area contributed by atoms with Crippen LogP contribution in [0.2, 0.25) is 5.02 Å². The second-order valence-electron chi connectivity index (χ2n) is 3.90. The molecule has 0 radical (unpaired) electrons. The molecule has 0 saturated heterocycles. The SMILES string of the molecule is CCNC(Cc1cccc(Cl)c1F)c1ncn[nH]1. The lowest BCUT2D eigenvalue weighted by molar-refractivity contribution is 0.507. The summed E-state index contributed by atoms with van der Waals surface area (Å²) in [6, 6.07) is 4.90. The third-order valence-electron chi connectivity index (χ3n) is 2.67. The molecule has 2 N–H and O–H groups in total. The van der Waals surface area contributed by atoms with E-state index in [0.29, 0.717) is 17.8 Å². The molecular formula is C12H14ClFN4. The first-order valence-corrected chi connectivity index (χ1v) is 6.11. The maximum Gasteiger partial charge on any atom is 0.145 e. The summed E-state index contributed by atoms with van der Waals surface area (Å²) in [5.74, 6) is 0.317. The van der Waals surface area contributed by atoms with Crippen LogP contribution < -0.4 is 5.32 Å². The second kappa shape index (κ2) is 5.93. The number of nitrogens with one attached hydrogen (secondary N) is 2. The largest absolute Gasteiger partial charge is 0.307 e. The van der Waals surface area contributed by atoms with Gasteiger partial charge < -0.3 is 5.32 Å². The lowest BCUT2D eigenvalue weighted by atomic mass is 10.0. The topological polar surface area (TPSA) is 53.6 Å². The van der Waals surface area contributed by atoms with Gasteiger partial charge in [0.25, 0.3) is 0 Å². The van der Waals surface area contributed by atoms with Crippen molar-refractivity contribution >= 4 is 11.6 Å². The lowest BCUT2D eigenvalue weighted by Gasteiger charge is -2.15. The molecule has 0 aliphatic heterocycles. The summed E-state index contributed by atoms with van der Waals surface area (Å²) in [6.45, 7) is 2.74. The maximum absolute atomic E-state index is 13.8. The predicted octanol–water partition coefficient (Wildman–Crippen LogP) is 2.49. The minimum Gasteiger partial charge on any atom is -0.307 e. The van der Waals surface area contributed by atoms with Crippen molar-refractivity contribution in [3.05, 3.63) is 46.8 Å². The lowest BCUT2D eigenvalue weighted by Crippen LogP contribution is -2.24. The molecule has 1 unspecified atom stereocenters. The van der Waals surface area contributed by atoms with Crippen LogP contribution in [0.25, 0.3) is 0 Å². The number of aromatic amines is 1. The first-order valence-electron chi connectivity index (χ1n) is 5.74. The number of nitrogens with zero attached hydrogens (tertiary/aromatic N) is 2. The fourth-order valence-electron chi connectivity index (χ4n) is 1.82. The van der Waals surface area contributed by atoms with Crippen molar-refractivity contribution in [3.8, 4) is 0 Å². The van der Waals surface area contributed by atoms with E-state index in [1.165, 1.54) is 12.4 Å². The van der Waals surface area contributed by atoms with E-state index < -0.39 is 0 Å². The zero-order chi connectivity index (χ0) is 13.0. The molecule has 0 amide bonds. The van der Waals surface area contributed by atoms with Gasteiger partial charge in [-0.3, -0.25) is 5.10 Å². The molecule has 0 saturated carbocycles. The zero-order valence-electron chi connectivity index (χ0n) is 9.95. The number of halogens is 2. The number of likely N-dealkylation sites (N-methyl/N-ethyl adjacent to an activating group) is 1. The van der Waals surface area contributed by atoms with Crippen LogP contribution in [0.1, 0.15) is 24.4 Å². The Balaban J connectivity index is 2.21. The molecule has 2 rings (SSSR count). The summed E-state index contributed by atoms with van der Waals surface area (Å²) in [7, 11) is 0. The van der Waals surface area contributed by atoms with Crippen molar-refractivity contribution in [2.75, 3.05) is 6.54 Å². The number of aromatic nitrogens is 3. The van der Waals surface area contributed by atoms with E-state index in [2.05, 4.69) is 20.5 Å². The number of hydrogen-bond acceptors (Lipinski definition) is 3. The summed E-state index contributed by atoms with van der Waals surface area (Å²) in [6.07, 6.45) is 1.91. The Hall–Kier alpha value is -1.46. The van der Waals surface area contributed by atoms with Gasteiger partial charge in [0.15, 0.2) is 0 Å². The van der Waals surface area contributed by atoms with Gasteiger partial charge in [0.05, 0.1) is 11.1 Å². The summed E-state index contributed by atoms with van der Waals surface area (Å²) in [4.78, 5) is 4.10.